The Labute approximate surface area is 330 Å². The molecule has 0 N–H and O–H groups in total. The van der Waals surface area contributed by atoms with Crippen LogP contribution in [0.15, 0.2) is 223 Å². The molecule has 0 aliphatic heterocycles. The summed E-state index contributed by atoms with van der Waals surface area (Å²) in [5, 5.41) is 4.73. The number of hydrogen-bond acceptors (Lipinski definition) is 2. The number of anilines is 3. The minimum atomic E-state index is 0.868. The molecule has 268 valence electrons. The summed E-state index contributed by atoms with van der Waals surface area (Å²) in [6.07, 6.45) is 0. The molecule has 0 bridgehead atoms. The van der Waals surface area contributed by atoms with Crippen LogP contribution in [0.1, 0.15) is 0 Å². The molecule has 2 heterocycles. The van der Waals surface area contributed by atoms with Crippen LogP contribution in [0, 0.1) is 0 Å². The van der Waals surface area contributed by atoms with Gasteiger partial charge in [0.2, 0.25) is 0 Å². The van der Waals surface area contributed by atoms with Gasteiger partial charge in [-0.1, -0.05) is 133 Å². The second-order valence-corrected chi connectivity index (χ2v) is 14.6. The van der Waals surface area contributed by atoms with Crippen LogP contribution in [0.2, 0.25) is 0 Å². The van der Waals surface area contributed by atoms with Crippen molar-refractivity contribution in [3.05, 3.63) is 218 Å². The predicted molar refractivity (Wildman–Crippen MR) is 239 cm³/mol. The van der Waals surface area contributed by atoms with E-state index >= 15 is 0 Å². The maximum Gasteiger partial charge on any atom is 0.137 e. The van der Waals surface area contributed by atoms with Crippen LogP contribution in [0.3, 0.4) is 0 Å². The van der Waals surface area contributed by atoms with Gasteiger partial charge in [-0.05, 0) is 112 Å². The summed E-state index contributed by atoms with van der Waals surface area (Å²) < 4.78 is 8.74. The standard InChI is InChI=1S/C54H36N2O/c1-3-12-37(13-4-1)40-14-11-15-41(34-40)38-22-27-44(28-23-38)55(46-31-32-49-48-19-8-10-21-53(48)57-54(49)36-46)45-29-24-39(25-30-45)42-26-33-52-50(35-42)47-18-7-9-20-51(47)56(52)43-16-5-2-6-17-43/h1-36H. The third kappa shape index (κ3) is 5.76. The molecule has 0 spiro atoms. The van der Waals surface area contributed by atoms with Crippen molar-refractivity contribution >= 4 is 60.8 Å². The first kappa shape index (κ1) is 32.8. The fraction of sp³-hybridized carbons (Fsp3) is 0. The van der Waals surface area contributed by atoms with Crippen LogP contribution in [0.25, 0.3) is 82.8 Å². The van der Waals surface area contributed by atoms with Crippen LogP contribution in [0.5, 0.6) is 0 Å². The summed E-state index contributed by atoms with van der Waals surface area (Å²) in [6.45, 7) is 0. The molecule has 0 aliphatic rings. The molecule has 9 aromatic carbocycles. The Morgan fingerprint density at radius 3 is 1.53 bits per heavy atom. The van der Waals surface area contributed by atoms with Crippen molar-refractivity contribution in [1.82, 2.24) is 4.57 Å². The van der Waals surface area contributed by atoms with Crippen LogP contribution < -0.4 is 4.90 Å². The Morgan fingerprint density at radius 1 is 0.298 bits per heavy atom. The van der Waals surface area contributed by atoms with E-state index < -0.39 is 0 Å². The fourth-order valence-corrected chi connectivity index (χ4v) is 8.42. The Hall–Kier alpha value is -7.62. The van der Waals surface area contributed by atoms with Gasteiger partial charge in [-0.3, -0.25) is 0 Å². The van der Waals surface area contributed by atoms with E-state index in [1.807, 2.05) is 12.1 Å². The lowest BCUT2D eigenvalue weighted by atomic mass is 9.99. The van der Waals surface area contributed by atoms with Gasteiger partial charge < -0.3 is 13.9 Å². The number of furan rings is 1. The highest BCUT2D eigenvalue weighted by molar-refractivity contribution is 6.10. The van der Waals surface area contributed by atoms with E-state index in [1.165, 1.54) is 55.2 Å². The van der Waals surface area contributed by atoms with E-state index in [0.29, 0.717) is 0 Å². The number of hydrogen-bond donors (Lipinski definition) is 0. The third-order valence-electron chi connectivity index (χ3n) is 11.2. The molecule has 0 saturated heterocycles. The average molecular weight is 729 g/mol. The summed E-state index contributed by atoms with van der Waals surface area (Å²) in [7, 11) is 0. The first-order valence-corrected chi connectivity index (χ1v) is 19.4. The molecule has 3 nitrogen and oxygen atoms in total. The van der Waals surface area contributed by atoms with Crippen molar-refractivity contribution in [2.24, 2.45) is 0 Å². The zero-order chi connectivity index (χ0) is 37.7. The van der Waals surface area contributed by atoms with Gasteiger partial charge in [-0.25, -0.2) is 0 Å². The highest BCUT2D eigenvalue weighted by Crippen LogP contribution is 2.41. The quantitative estimate of drug-likeness (QED) is 0.163. The summed E-state index contributed by atoms with van der Waals surface area (Å²) in [4.78, 5) is 2.32. The van der Waals surface area contributed by atoms with Crippen LogP contribution in [-0.2, 0) is 0 Å². The summed E-state index contributed by atoms with van der Waals surface area (Å²) in [5.41, 5.74) is 15.6. The van der Waals surface area contributed by atoms with E-state index in [0.717, 1.165) is 44.7 Å². The van der Waals surface area contributed by atoms with E-state index in [4.69, 9.17) is 4.42 Å². The van der Waals surface area contributed by atoms with E-state index in [-0.39, 0.29) is 0 Å². The Kier molecular flexibility index (Phi) is 7.82. The molecule has 11 rings (SSSR count). The van der Waals surface area contributed by atoms with Gasteiger partial charge in [0.05, 0.1) is 11.0 Å². The number of rotatable bonds is 7. The smallest absolute Gasteiger partial charge is 0.137 e. The van der Waals surface area contributed by atoms with E-state index in [9.17, 15) is 0 Å². The molecule has 0 fully saturated rings. The van der Waals surface area contributed by atoms with Gasteiger partial charge >= 0.3 is 0 Å². The van der Waals surface area contributed by atoms with Crippen molar-refractivity contribution in [3.8, 4) is 39.1 Å². The minimum absolute atomic E-state index is 0.868. The topological polar surface area (TPSA) is 21.3 Å². The number of nitrogens with zero attached hydrogens (tertiary/aromatic N) is 2. The normalized spacial score (nSPS) is 11.5. The maximum absolute atomic E-state index is 6.38. The van der Waals surface area contributed by atoms with E-state index in [1.54, 1.807) is 0 Å². The van der Waals surface area contributed by atoms with Crippen molar-refractivity contribution in [3.63, 3.8) is 0 Å². The molecule has 0 amide bonds. The summed E-state index contributed by atoms with van der Waals surface area (Å²) >= 11 is 0. The molecule has 2 aromatic heterocycles. The SMILES string of the molecule is c1ccc(-c2cccc(-c3ccc(N(c4ccc(-c5ccc6c(c5)c5ccccc5n6-c5ccccc5)cc4)c4ccc5c(c4)oc4ccccc45)cc3)c2)cc1. The monoisotopic (exact) mass is 728 g/mol. The van der Waals surface area contributed by atoms with Gasteiger partial charge in [0.25, 0.3) is 0 Å². The molecule has 0 atom stereocenters. The van der Waals surface area contributed by atoms with Crippen LogP contribution in [0.4, 0.5) is 17.1 Å². The van der Waals surface area contributed by atoms with E-state index in [2.05, 4.69) is 216 Å². The predicted octanol–water partition coefficient (Wildman–Crippen LogP) is 15.2. The van der Waals surface area contributed by atoms with Gasteiger partial charge in [-0.2, -0.15) is 0 Å². The highest BCUT2D eigenvalue weighted by Gasteiger charge is 2.17. The van der Waals surface area contributed by atoms with Gasteiger partial charge in [-0.15, -0.1) is 0 Å². The van der Waals surface area contributed by atoms with Crippen molar-refractivity contribution in [2.45, 2.75) is 0 Å². The lowest BCUT2D eigenvalue weighted by molar-refractivity contribution is 0.669. The lowest BCUT2D eigenvalue weighted by Crippen LogP contribution is -2.09. The van der Waals surface area contributed by atoms with Crippen LogP contribution >= 0.6 is 0 Å². The lowest BCUT2D eigenvalue weighted by Gasteiger charge is -2.26. The first-order valence-electron chi connectivity index (χ1n) is 19.4. The zero-order valence-electron chi connectivity index (χ0n) is 31.1. The molecular formula is C54H36N2O. The highest BCUT2D eigenvalue weighted by atomic mass is 16.3. The van der Waals surface area contributed by atoms with Gasteiger partial charge in [0.1, 0.15) is 11.2 Å². The number of fused-ring (bicyclic) bond motifs is 6. The fourth-order valence-electron chi connectivity index (χ4n) is 8.42. The molecule has 0 radical (unpaired) electrons. The average Bonchev–Trinajstić information content (AvgIpc) is 3.83. The van der Waals surface area contributed by atoms with Crippen molar-refractivity contribution in [2.75, 3.05) is 4.90 Å². The van der Waals surface area contributed by atoms with Gasteiger partial charge in [0.15, 0.2) is 0 Å². The summed E-state index contributed by atoms with van der Waals surface area (Å²) in [6, 6.07) is 78.1. The molecule has 0 saturated carbocycles. The minimum Gasteiger partial charge on any atom is -0.456 e. The molecule has 0 unspecified atom stereocenters. The molecule has 11 aromatic rings. The zero-order valence-corrected chi connectivity index (χ0v) is 31.1. The molecule has 3 heteroatoms. The second-order valence-electron chi connectivity index (χ2n) is 14.6. The maximum atomic E-state index is 6.38. The molecular weight excluding hydrogens is 693 g/mol. The number of benzene rings is 9. The third-order valence-corrected chi connectivity index (χ3v) is 11.2. The Bertz CT molecular complexity index is 3210. The largest absolute Gasteiger partial charge is 0.456 e. The van der Waals surface area contributed by atoms with Crippen LogP contribution in [-0.4, -0.2) is 4.57 Å². The first-order chi connectivity index (χ1) is 28.2. The van der Waals surface area contributed by atoms with Crippen molar-refractivity contribution in [1.29, 1.82) is 0 Å². The Balaban J connectivity index is 0.989. The molecule has 57 heavy (non-hydrogen) atoms. The summed E-state index contributed by atoms with van der Waals surface area (Å²) in [5.74, 6) is 0. The Morgan fingerprint density at radius 2 is 0.807 bits per heavy atom. The molecule has 0 aliphatic carbocycles. The number of aromatic nitrogens is 1. The number of para-hydroxylation sites is 3. The van der Waals surface area contributed by atoms with Crippen molar-refractivity contribution < 1.29 is 4.42 Å². The second kappa shape index (κ2) is 13.6. The van der Waals surface area contributed by atoms with Gasteiger partial charge in [0, 0.05) is 50.4 Å².